The van der Waals surface area contributed by atoms with E-state index in [1.165, 1.54) is 18.2 Å². The van der Waals surface area contributed by atoms with E-state index in [1.54, 1.807) is 7.05 Å². The second-order valence-corrected chi connectivity index (χ2v) is 7.53. The second kappa shape index (κ2) is 10.4. The normalized spacial score (nSPS) is 14.8. The Morgan fingerprint density at radius 2 is 2.12 bits per heavy atom. The van der Waals surface area contributed by atoms with E-state index in [1.807, 2.05) is 6.07 Å². The van der Waals surface area contributed by atoms with E-state index >= 15 is 0 Å². The number of nitrogens with one attached hydrogen (secondary N) is 2. The molecule has 176 valence electrons. The van der Waals surface area contributed by atoms with Crippen LogP contribution in [0.4, 0.5) is 24.5 Å². The second-order valence-electron chi connectivity index (χ2n) is 7.53. The molecule has 4 N–H and O–H groups in total. The van der Waals surface area contributed by atoms with Crippen LogP contribution in [0.5, 0.6) is 5.75 Å². The number of nitriles is 1. The summed E-state index contributed by atoms with van der Waals surface area (Å²) in [6, 6.07) is 7.03. The van der Waals surface area contributed by atoms with E-state index in [2.05, 4.69) is 20.5 Å². The van der Waals surface area contributed by atoms with Gasteiger partial charge in [-0.25, -0.2) is 4.98 Å². The lowest BCUT2D eigenvalue weighted by Crippen LogP contribution is -2.30. The molecule has 0 atom stereocenters. The van der Waals surface area contributed by atoms with Gasteiger partial charge in [0.1, 0.15) is 11.8 Å². The largest absolute Gasteiger partial charge is 0.493 e. The number of nitrogens with two attached hydrogens (primary N) is 1. The van der Waals surface area contributed by atoms with E-state index in [-0.39, 0.29) is 40.9 Å². The van der Waals surface area contributed by atoms with Gasteiger partial charge in [0, 0.05) is 45.2 Å². The quantitative estimate of drug-likeness (QED) is 0.542. The van der Waals surface area contributed by atoms with Crippen molar-refractivity contribution >= 4 is 17.3 Å². The molecule has 1 aliphatic heterocycles. The molecule has 33 heavy (non-hydrogen) atoms. The van der Waals surface area contributed by atoms with Crippen LogP contribution in [-0.4, -0.2) is 55.6 Å². The van der Waals surface area contributed by atoms with Gasteiger partial charge in [-0.1, -0.05) is 0 Å². The molecule has 0 radical (unpaired) electrons. The van der Waals surface area contributed by atoms with Crippen LogP contribution in [0.25, 0.3) is 11.3 Å². The van der Waals surface area contributed by atoms with E-state index in [4.69, 9.17) is 10.5 Å². The van der Waals surface area contributed by atoms with Crippen LogP contribution in [-0.2, 0) is 11.0 Å². The summed E-state index contributed by atoms with van der Waals surface area (Å²) in [7, 11) is 1.59. The highest BCUT2D eigenvalue weighted by Gasteiger charge is 2.35. The van der Waals surface area contributed by atoms with Crippen LogP contribution >= 0.6 is 0 Å². The van der Waals surface area contributed by atoms with Gasteiger partial charge in [-0.05, 0) is 30.7 Å². The van der Waals surface area contributed by atoms with Crippen molar-refractivity contribution in [2.45, 2.75) is 19.0 Å². The molecule has 1 fully saturated rings. The lowest BCUT2D eigenvalue weighted by atomic mass is 10.0. The van der Waals surface area contributed by atoms with Crippen molar-refractivity contribution in [2.24, 2.45) is 0 Å². The topological polar surface area (TPSA) is 116 Å². The van der Waals surface area contributed by atoms with Gasteiger partial charge >= 0.3 is 6.18 Å². The van der Waals surface area contributed by atoms with E-state index < -0.39 is 11.7 Å². The Labute approximate surface area is 189 Å². The number of alkyl halides is 3. The number of rotatable bonds is 7. The average molecular weight is 462 g/mol. The zero-order chi connectivity index (χ0) is 24.0. The van der Waals surface area contributed by atoms with Crippen molar-refractivity contribution in [1.82, 2.24) is 15.2 Å². The number of nitrogens with zero attached hydrogens (tertiary/aromatic N) is 3. The molecule has 0 unspecified atom stereocenters. The highest BCUT2D eigenvalue weighted by Crippen LogP contribution is 2.39. The summed E-state index contributed by atoms with van der Waals surface area (Å²) in [4.78, 5) is 17.6. The van der Waals surface area contributed by atoms with Crippen LogP contribution < -0.4 is 21.1 Å². The van der Waals surface area contributed by atoms with Crippen molar-refractivity contribution in [3.8, 4) is 23.1 Å². The maximum Gasteiger partial charge on any atom is 0.419 e. The SMILES string of the molecule is CNc1cc(-c2ccc(OCCCN3CCNC(=O)CC3)c(C(F)(F)F)c2)nc(C#N)c1N. The molecule has 0 spiro atoms. The molecule has 0 saturated carbocycles. The third-order valence-corrected chi connectivity index (χ3v) is 5.30. The number of hydrogen-bond acceptors (Lipinski definition) is 7. The molecule has 1 aromatic carbocycles. The molecule has 1 amide bonds. The minimum absolute atomic E-state index is 0.00276. The number of benzene rings is 1. The van der Waals surface area contributed by atoms with Crippen LogP contribution in [0.2, 0.25) is 0 Å². The molecular formula is C22H25F3N6O2. The number of carbonyl (C=O) groups excluding carboxylic acids is 1. The Morgan fingerprint density at radius 1 is 1.33 bits per heavy atom. The number of carbonyl (C=O) groups is 1. The molecule has 0 bridgehead atoms. The molecule has 1 aliphatic rings. The van der Waals surface area contributed by atoms with Crippen molar-refractivity contribution in [1.29, 1.82) is 5.26 Å². The summed E-state index contributed by atoms with van der Waals surface area (Å²) >= 11 is 0. The fraction of sp³-hybridized carbons (Fsp3) is 0.409. The van der Waals surface area contributed by atoms with Crippen LogP contribution in [0.3, 0.4) is 0 Å². The van der Waals surface area contributed by atoms with Crippen molar-refractivity contribution < 1.29 is 22.7 Å². The number of nitrogen functional groups attached to an aromatic ring is 1. The molecule has 1 aromatic heterocycles. The van der Waals surface area contributed by atoms with Gasteiger partial charge in [0.2, 0.25) is 5.91 Å². The van der Waals surface area contributed by atoms with Gasteiger partial charge in [-0.2, -0.15) is 18.4 Å². The maximum absolute atomic E-state index is 13.7. The van der Waals surface area contributed by atoms with Crippen LogP contribution in [0.1, 0.15) is 24.1 Å². The zero-order valence-electron chi connectivity index (χ0n) is 18.1. The van der Waals surface area contributed by atoms with E-state index in [0.29, 0.717) is 44.7 Å². The predicted octanol–water partition coefficient (Wildman–Crippen LogP) is 2.85. The molecule has 1 saturated heterocycles. The monoisotopic (exact) mass is 462 g/mol. The summed E-state index contributed by atoms with van der Waals surface area (Å²) < 4.78 is 46.7. The third kappa shape index (κ3) is 6.04. The first kappa shape index (κ1) is 24.1. The number of pyridine rings is 1. The summed E-state index contributed by atoms with van der Waals surface area (Å²) in [5, 5.41) is 14.8. The minimum atomic E-state index is -4.64. The van der Waals surface area contributed by atoms with Gasteiger partial charge < -0.3 is 26.0 Å². The highest BCUT2D eigenvalue weighted by atomic mass is 19.4. The van der Waals surface area contributed by atoms with Crippen LogP contribution in [0, 0.1) is 11.3 Å². The Balaban J connectivity index is 1.75. The van der Waals surface area contributed by atoms with Gasteiger partial charge in [0.15, 0.2) is 5.69 Å². The first-order valence-electron chi connectivity index (χ1n) is 10.4. The number of hydrogen-bond donors (Lipinski definition) is 3. The van der Waals surface area contributed by atoms with E-state index in [0.717, 1.165) is 6.07 Å². The molecule has 3 rings (SSSR count). The first-order chi connectivity index (χ1) is 15.7. The highest BCUT2D eigenvalue weighted by molar-refractivity contribution is 5.77. The predicted molar refractivity (Wildman–Crippen MR) is 118 cm³/mol. The Morgan fingerprint density at radius 3 is 2.82 bits per heavy atom. The number of ether oxygens (including phenoxy) is 1. The van der Waals surface area contributed by atoms with Gasteiger partial charge in [-0.15, -0.1) is 0 Å². The summed E-state index contributed by atoms with van der Waals surface area (Å²) in [5.41, 5.74) is 5.74. The molecule has 11 heteroatoms. The minimum Gasteiger partial charge on any atom is -0.493 e. The maximum atomic E-state index is 13.7. The number of amides is 1. The molecule has 8 nitrogen and oxygen atoms in total. The Hall–Kier alpha value is -3.52. The fourth-order valence-corrected chi connectivity index (χ4v) is 3.54. The molecule has 0 aliphatic carbocycles. The van der Waals surface area contributed by atoms with Gasteiger partial charge in [0.25, 0.3) is 0 Å². The standard InChI is InChI=1S/C22H25F3N6O2/c1-28-17-12-16(30-18(13-26)21(17)27)14-3-4-19(15(11-14)22(23,24)25)33-10-2-7-31-8-5-20(32)29-6-9-31/h3-4,11-12H,2,5-10,27H2,1H3,(H,28,30)(H,29,32). The van der Waals surface area contributed by atoms with Gasteiger partial charge in [0.05, 0.1) is 29.2 Å². The summed E-state index contributed by atoms with van der Waals surface area (Å²) in [6.45, 7) is 2.59. The number of aromatic nitrogens is 1. The summed E-state index contributed by atoms with van der Waals surface area (Å²) in [5.74, 6) is -0.272. The number of halogens is 3. The van der Waals surface area contributed by atoms with Crippen LogP contribution in [0.15, 0.2) is 24.3 Å². The number of anilines is 2. The van der Waals surface area contributed by atoms with Crippen molar-refractivity contribution in [3.05, 3.63) is 35.5 Å². The van der Waals surface area contributed by atoms with E-state index in [9.17, 15) is 23.2 Å². The molecule has 2 heterocycles. The van der Waals surface area contributed by atoms with Crippen molar-refractivity contribution in [2.75, 3.05) is 50.9 Å². The third-order valence-electron chi connectivity index (χ3n) is 5.30. The van der Waals surface area contributed by atoms with Gasteiger partial charge in [-0.3, -0.25) is 4.79 Å². The molecular weight excluding hydrogens is 437 g/mol. The first-order valence-corrected chi connectivity index (χ1v) is 10.4. The Kier molecular flexibility index (Phi) is 7.60. The lowest BCUT2D eigenvalue weighted by molar-refractivity contribution is -0.139. The fourth-order valence-electron chi connectivity index (χ4n) is 3.54. The Bertz CT molecular complexity index is 1050. The zero-order valence-corrected chi connectivity index (χ0v) is 18.1. The van der Waals surface area contributed by atoms with Crippen molar-refractivity contribution in [3.63, 3.8) is 0 Å². The smallest absolute Gasteiger partial charge is 0.419 e. The summed E-state index contributed by atoms with van der Waals surface area (Å²) in [6.07, 6.45) is -3.72. The average Bonchev–Trinajstić information content (AvgIpc) is 3.00. The molecule has 2 aromatic rings. The lowest BCUT2D eigenvalue weighted by Gasteiger charge is -2.20.